The number of anilines is 2. The van der Waals surface area contributed by atoms with Crippen LogP contribution in [0.1, 0.15) is 48.6 Å². The van der Waals surface area contributed by atoms with E-state index in [1.165, 1.54) is 50.1 Å². The van der Waals surface area contributed by atoms with Crippen LogP contribution >= 0.6 is 0 Å². The van der Waals surface area contributed by atoms with Gasteiger partial charge in [0.25, 0.3) is 0 Å². The number of hydrogen-bond acceptors (Lipinski definition) is 1. The van der Waals surface area contributed by atoms with E-state index < -0.39 is 5.41 Å². The van der Waals surface area contributed by atoms with E-state index in [0.29, 0.717) is 0 Å². The number of nitrogens with one attached hydrogen (secondary N) is 1. The molecule has 0 heterocycles. The molecule has 1 aliphatic carbocycles. The van der Waals surface area contributed by atoms with Crippen LogP contribution in [0.3, 0.4) is 0 Å². The van der Waals surface area contributed by atoms with E-state index in [-0.39, 0.29) is 5.41 Å². The molecule has 1 N–H and O–H groups in total. The summed E-state index contributed by atoms with van der Waals surface area (Å²) in [7, 11) is 0. The molecule has 7 rings (SSSR count). The van der Waals surface area contributed by atoms with Gasteiger partial charge in [-0.05, 0) is 74.2 Å². The van der Waals surface area contributed by atoms with Gasteiger partial charge in [0.1, 0.15) is 0 Å². The average molecular weight is 542 g/mol. The van der Waals surface area contributed by atoms with Gasteiger partial charge in [0.2, 0.25) is 0 Å². The molecule has 0 radical (unpaired) electrons. The van der Waals surface area contributed by atoms with Gasteiger partial charge in [-0.2, -0.15) is 0 Å². The highest BCUT2D eigenvalue weighted by atomic mass is 14.9. The molecule has 42 heavy (non-hydrogen) atoms. The Balaban J connectivity index is 1.43. The van der Waals surface area contributed by atoms with Crippen LogP contribution in [0, 0.1) is 0 Å². The van der Waals surface area contributed by atoms with Crippen molar-refractivity contribution in [1.29, 1.82) is 0 Å². The van der Waals surface area contributed by atoms with Crippen LogP contribution in [0.15, 0.2) is 152 Å². The molecule has 0 saturated heterocycles. The zero-order valence-electron chi connectivity index (χ0n) is 24.4. The first kappa shape index (κ1) is 26.0. The lowest BCUT2D eigenvalue weighted by Gasteiger charge is -2.34. The Labute approximate surface area is 249 Å². The maximum atomic E-state index is 3.85. The minimum atomic E-state index is -0.412. The summed E-state index contributed by atoms with van der Waals surface area (Å²) < 4.78 is 0. The zero-order valence-corrected chi connectivity index (χ0v) is 24.4. The number of fused-ring (bicyclic) bond motifs is 3. The largest absolute Gasteiger partial charge is 0.355 e. The average Bonchev–Trinajstić information content (AvgIpc) is 3.32. The van der Waals surface area contributed by atoms with Crippen molar-refractivity contribution in [2.45, 2.75) is 31.6 Å². The van der Waals surface area contributed by atoms with Crippen LogP contribution in [0.25, 0.3) is 22.3 Å². The Morgan fingerprint density at radius 1 is 0.476 bits per heavy atom. The van der Waals surface area contributed by atoms with Gasteiger partial charge < -0.3 is 5.32 Å². The third-order valence-corrected chi connectivity index (χ3v) is 8.71. The molecule has 0 spiro atoms. The normalized spacial score (nSPS) is 13.3. The number of rotatable bonds is 5. The summed E-state index contributed by atoms with van der Waals surface area (Å²) in [5, 5.41) is 3.85. The quantitative estimate of drug-likeness (QED) is 0.228. The lowest BCUT2D eigenvalue weighted by atomic mass is 9.67. The molecule has 1 heteroatoms. The molecule has 0 amide bonds. The number of benzene rings is 6. The topological polar surface area (TPSA) is 12.0 Å². The lowest BCUT2D eigenvalue weighted by molar-refractivity contribution is 0.590. The lowest BCUT2D eigenvalue weighted by Crippen LogP contribution is -2.28. The maximum Gasteiger partial charge on any atom is 0.0714 e. The van der Waals surface area contributed by atoms with Crippen LogP contribution < -0.4 is 5.32 Å². The summed E-state index contributed by atoms with van der Waals surface area (Å²) in [4.78, 5) is 0. The highest BCUT2D eigenvalue weighted by molar-refractivity contribution is 5.89. The summed E-state index contributed by atoms with van der Waals surface area (Å²) in [5.41, 5.74) is 13.4. The molecule has 204 valence electrons. The van der Waals surface area contributed by atoms with E-state index in [1.807, 2.05) is 0 Å². The molecule has 0 saturated carbocycles. The fraction of sp³-hybridized carbons (Fsp3) is 0.122. The van der Waals surface area contributed by atoms with Crippen molar-refractivity contribution in [2.24, 2.45) is 0 Å². The fourth-order valence-electron chi connectivity index (χ4n) is 6.65. The summed E-state index contributed by atoms with van der Waals surface area (Å²) in [6.45, 7) is 6.82. The molecule has 0 aliphatic heterocycles. The molecular formula is C41H35N. The Hall–Kier alpha value is -4.88. The van der Waals surface area contributed by atoms with Gasteiger partial charge in [-0.3, -0.25) is 0 Å². The predicted octanol–water partition coefficient (Wildman–Crippen LogP) is 10.8. The highest BCUT2D eigenvalue weighted by Gasteiger charge is 2.46. The molecule has 0 bridgehead atoms. The molecule has 0 fully saturated rings. The van der Waals surface area contributed by atoms with E-state index >= 15 is 0 Å². The van der Waals surface area contributed by atoms with Crippen molar-refractivity contribution in [3.8, 4) is 22.3 Å². The minimum Gasteiger partial charge on any atom is -0.355 e. The van der Waals surface area contributed by atoms with Crippen LogP contribution in [-0.4, -0.2) is 0 Å². The van der Waals surface area contributed by atoms with Crippen LogP contribution in [0.2, 0.25) is 0 Å². The molecule has 0 aromatic heterocycles. The van der Waals surface area contributed by atoms with Gasteiger partial charge in [-0.15, -0.1) is 0 Å². The van der Waals surface area contributed by atoms with E-state index in [4.69, 9.17) is 0 Å². The first-order valence-corrected chi connectivity index (χ1v) is 14.8. The summed E-state index contributed by atoms with van der Waals surface area (Å²) in [6, 6.07) is 55.3. The predicted molar refractivity (Wildman–Crippen MR) is 178 cm³/mol. The Kier molecular flexibility index (Phi) is 6.32. The first-order valence-electron chi connectivity index (χ1n) is 14.8. The highest BCUT2D eigenvalue weighted by Crippen LogP contribution is 2.56. The van der Waals surface area contributed by atoms with Crippen LogP contribution in [0.4, 0.5) is 11.4 Å². The molecule has 1 nitrogen and oxygen atoms in total. The van der Waals surface area contributed by atoms with Gasteiger partial charge in [0.15, 0.2) is 0 Å². The molecular weight excluding hydrogens is 506 g/mol. The third-order valence-electron chi connectivity index (χ3n) is 8.71. The molecule has 1 aliphatic rings. The van der Waals surface area contributed by atoms with Crippen LogP contribution in [0.5, 0.6) is 0 Å². The van der Waals surface area contributed by atoms with Crippen LogP contribution in [-0.2, 0) is 10.8 Å². The Bertz CT molecular complexity index is 1820. The first-order chi connectivity index (χ1) is 20.5. The van der Waals surface area contributed by atoms with Crippen molar-refractivity contribution in [3.05, 3.63) is 179 Å². The van der Waals surface area contributed by atoms with Gasteiger partial charge in [0, 0.05) is 16.9 Å². The van der Waals surface area contributed by atoms with Gasteiger partial charge in [0.05, 0.1) is 5.41 Å². The van der Waals surface area contributed by atoms with Gasteiger partial charge in [-0.1, -0.05) is 148 Å². The Morgan fingerprint density at radius 3 is 1.69 bits per heavy atom. The van der Waals surface area contributed by atoms with Gasteiger partial charge in [-0.25, -0.2) is 0 Å². The summed E-state index contributed by atoms with van der Waals surface area (Å²) in [6.07, 6.45) is 0. The van der Waals surface area contributed by atoms with E-state index in [2.05, 4.69) is 178 Å². The second-order valence-electron chi connectivity index (χ2n) is 12.3. The molecule has 0 atom stereocenters. The second-order valence-corrected chi connectivity index (χ2v) is 12.3. The maximum absolute atomic E-state index is 3.85. The SMILES string of the molecule is CC(C)(C)c1ccc(Nc2ccc3c(c2)C(c2ccccc2)(c2ccccc2)c2ccccc2-3)c(-c2ccccc2)c1. The summed E-state index contributed by atoms with van der Waals surface area (Å²) in [5.74, 6) is 0. The monoisotopic (exact) mass is 541 g/mol. The summed E-state index contributed by atoms with van der Waals surface area (Å²) >= 11 is 0. The van der Waals surface area contributed by atoms with Crippen molar-refractivity contribution in [2.75, 3.05) is 5.32 Å². The fourth-order valence-corrected chi connectivity index (χ4v) is 6.65. The van der Waals surface area contributed by atoms with Crippen molar-refractivity contribution < 1.29 is 0 Å². The van der Waals surface area contributed by atoms with E-state index in [9.17, 15) is 0 Å². The van der Waals surface area contributed by atoms with Crippen molar-refractivity contribution in [3.63, 3.8) is 0 Å². The molecule has 6 aromatic rings. The zero-order chi connectivity index (χ0) is 28.7. The minimum absolute atomic E-state index is 0.0619. The smallest absolute Gasteiger partial charge is 0.0714 e. The van der Waals surface area contributed by atoms with E-state index in [0.717, 1.165) is 11.4 Å². The third kappa shape index (κ3) is 4.25. The van der Waals surface area contributed by atoms with Crippen molar-refractivity contribution >= 4 is 11.4 Å². The second kappa shape index (κ2) is 10.2. The standard InChI is InChI=1S/C41H35N/c1-40(2,3)32-23-26-39(36(27-32)29-15-7-4-8-16-29)42-33-24-25-35-34-21-13-14-22-37(34)41(38(35)28-33,30-17-9-5-10-18-30)31-19-11-6-12-20-31/h4-28,42H,1-3H3. The molecule has 0 unspecified atom stereocenters. The van der Waals surface area contributed by atoms with Gasteiger partial charge >= 0.3 is 0 Å². The Morgan fingerprint density at radius 2 is 1.05 bits per heavy atom. The number of hydrogen-bond donors (Lipinski definition) is 1. The molecule has 6 aromatic carbocycles. The van der Waals surface area contributed by atoms with E-state index in [1.54, 1.807) is 0 Å². The van der Waals surface area contributed by atoms with Crippen molar-refractivity contribution in [1.82, 2.24) is 0 Å².